The van der Waals surface area contributed by atoms with Gasteiger partial charge >= 0.3 is 16.2 Å². The number of nitrogens with zero attached hydrogens (tertiary/aromatic N) is 2. The Morgan fingerprint density at radius 3 is 2.56 bits per heavy atom. The molecule has 0 saturated carbocycles. The molecule has 8 heteroatoms. The third-order valence-corrected chi connectivity index (χ3v) is 5.46. The second kappa shape index (κ2) is 6.55. The van der Waals surface area contributed by atoms with Crippen molar-refractivity contribution in [1.29, 1.82) is 0 Å². The summed E-state index contributed by atoms with van der Waals surface area (Å²) in [4.78, 5) is 17.7. The van der Waals surface area contributed by atoms with Gasteiger partial charge in [-0.3, -0.25) is 4.90 Å². The van der Waals surface area contributed by atoms with E-state index in [0.717, 1.165) is 5.56 Å². The Morgan fingerprint density at radius 2 is 1.85 bits per heavy atom. The average Bonchev–Trinajstić information content (AvgIpc) is 3.08. The van der Waals surface area contributed by atoms with Crippen molar-refractivity contribution in [2.24, 2.45) is 0 Å². The van der Waals surface area contributed by atoms with E-state index in [1.54, 1.807) is 36.4 Å². The van der Waals surface area contributed by atoms with Crippen LogP contribution in [0, 0.1) is 6.92 Å². The topological polar surface area (TPSA) is 85.8 Å². The van der Waals surface area contributed by atoms with E-state index in [-0.39, 0.29) is 23.1 Å². The summed E-state index contributed by atoms with van der Waals surface area (Å²) in [6.45, 7) is 2.47. The first-order valence-electron chi connectivity index (χ1n) is 8.29. The number of benzene rings is 2. The van der Waals surface area contributed by atoms with Crippen molar-refractivity contribution in [1.82, 2.24) is 4.98 Å². The van der Waals surface area contributed by atoms with Crippen molar-refractivity contribution < 1.29 is 22.1 Å². The van der Waals surface area contributed by atoms with Crippen molar-refractivity contribution >= 4 is 32.9 Å². The molecule has 0 atom stereocenters. The minimum atomic E-state index is -4.04. The van der Waals surface area contributed by atoms with Crippen LogP contribution in [0.2, 0.25) is 0 Å². The highest BCUT2D eigenvalue weighted by atomic mass is 32.2. The van der Waals surface area contributed by atoms with E-state index in [1.807, 2.05) is 6.92 Å². The molecule has 1 saturated heterocycles. The first kappa shape index (κ1) is 17.3. The standard InChI is InChI=1S/C19H16N2O5S/c1-13-6-8-14(9-7-13)27(23,24)26-17-12-18(21-10-11-25-19(21)22)20-16-5-3-2-4-15(16)17/h2-9,12H,10-11H2,1H3. The fourth-order valence-electron chi connectivity index (χ4n) is 2.81. The second-order valence-corrected chi connectivity index (χ2v) is 7.66. The first-order chi connectivity index (χ1) is 12.9. The molecular formula is C19H16N2O5S. The molecule has 0 spiro atoms. The maximum Gasteiger partial charge on any atom is 0.415 e. The third kappa shape index (κ3) is 3.31. The van der Waals surface area contributed by atoms with Crippen LogP contribution in [-0.4, -0.2) is 32.6 Å². The highest BCUT2D eigenvalue weighted by Gasteiger charge is 2.27. The Balaban J connectivity index is 1.80. The van der Waals surface area contributed by atoms with Crippen molar-refractivity contribution in [3.05, 3.63) is 60.2 Å². The number of aryl methyl sites for hydroxylation is 1. The lowest BCUT2D eigenvalue weighted by Gasteiger charge is -2.15. The smallest absolute Gasteiger partial charge is 0.415 e. The van der Waals surface area contributed by atoms with E-state index >= 15 is 0 Å². The SMILES string of the molecule is Cc1ccc(S(=O)(=O)Oc2cc(N3CCOC3=O)nc3ccccc23)cc1. The minimum Gasteiger partial charge on any atom is -0.447 e. The summed E-state index contributed by atoms with van der Waals surface area (Å²) < 4.78 is 35.8. The van der Waals surface area contributed by atoms with Crippen LogP contribution in [0.1, 0.15) is 5.56 Å². The van der Waals surface area contributed by atoms with Gasteiger partial charge in [-0.15, -0.1) is 0 Å². The number of hydrogen-bond donors (Lipinski definition) is 0. The van der Waals surface area contributed by atoms with Crippen molar-refractivity contribution in [2.75, 3.05) is 18.1 Å². The molecule has 0 N–H and O–H groups in total. The van der Waals surface area contributed by atoms with Gasteiger partial charge in [0, 0.05) is 11.5 Å². The zero-order chi connectivity index (χ0) is 19.0. The largest absolute Gasteiger partial charge is 0.447 e. The molecule has 4 rings (SSSR count). The van der Waals surface area contributed by atoms with Crippen LogP contribution in [0.3, 0.4) is 0 Å². The van der Waals surface area contributed by atoms with Crippen LogP contribution in [0.15, 0.2) is 59.5 Å². The molecule has 0 bridgehead atoms. The Kier molecular flexibility index (Phi) is 4.19. The van der Waals surface area contributed by atoms with Gasteiger partial charge in [0.05, 0.1) is 12.1 Å². The van der Waals surface area contributed by atoms with E-state index in [1.165, 1.54) is 23.1 Å². The number of para-hydroxylation sites is 1. The molecule has 138 valence electrons. The molecule has 0 unspecified atom stereocenters. The number of ether oxygens (including phenoxy) is 1. The monoisotopic (exact) mass is 384 g/mol. The molecule has 2 aromatic carbocycles. The number of pyridine rings is 1. The molecule has 1 aromatic heterocycles. The maximum absolute atomic E-state index is 12.7. The van der Waals surface area contributed by atoms with Crippen molar-refractivity contribution in [3.63, 3.8) is 0 Å². The number of carbonyl (C=O) groups is 1. The zero-order valence-corrected chi connectivity index (χ0v) is 15.3. The molecule has 1 amide bonds. The fourth-order valence-corrected chi connectivity index (χ4v) is 3.75. The van der Waals surface area contributed by atoms with E-state index < -0.39 is 16.2 Å². The number of cyclic esters (lactones) is 1. The van der Waals surface area contributed by atoms with Crippen molar-refractivity contribution in [2.45, 2.75) is 11.8 Å². The van der Waals surface area contributed by atoms with E-state index in [4.69, 9.17) is 8.92 Å². The number of aromatic nitrogens is 1. The molecule has 2 heterocycles. The first-order valence-corrected chi connectivity index (χ1v) is 9.70. The molecule has 7 nitrogen and oxygen atoms in total. The Bertz CT molecular complexity index is 1130. The van der Waals surface area contributed by atoms with E-state index in [9.17, 15) is 13.2 Å². The quantitative estimate of drug-likeness (QED) is 0.642. The average molecular weight is 384 g/mol. The zero-order valence-electron chi connectivity index (χ0n) is 14.5. The van der Waals surface area contributed by atoms with Gasteiger partial charge in [-0.05, 0) is 31.2 Å². The number of amides is 1. The predicted octanol–water partition coefficient (Wildman–Crippen LogP) is 3.27. The highest BCUT2D eigenvalue weighted by molar-refractivity contribution is 7.87. The number of anilines is 1. The van der Waals surface area contributed by atoms with Crippen LogP contribution in [0.5, 0.6) is 5.75 Å². The molecule has 3 aromatic rings. The molecule has 0 radical (unpaired) electrons. The van der Waals surface area contributed by atoms with Crippen LogP contribution in [0.25, 0.3) is 10.9 Å². The lowest BCUT2D eigenvalue weighted by atomic mass is 10.2. The molecule has 0 aliphatic carbocycles. The predicted molar refractivity (Wildman–Crippen MR) is 99.4 cm³/mol. The summed E-state index contributed by atoms with van der Waals surface area (Å²) in [5.74, 6) is 0.390. The van der Waals surface area contributed by atoms with Crippen LogP contribution in [-0.2, 0) is 14.9 Å². The Labute approximate surface area is 156 Å². The van der Waals surface area contributed by atoms with Gasteiger partial charge in [-0.25, -0.2) is 9.78 Å². The van der Waals surface area contributed by atoms with Crippen LogP contribution < -0.4 is 9.08 Å². The molecule has 1 aliphatic heterocycles. The molecular weight excluding hydrogens is 368 g/mol. The summed E-state index contributed by atoms with van der Waals surface area (Å²) >= 11 is 0. The van der Waals surface area contributed by atoms with Crippen LogP contribution in [0.4, 0.5) is 10.6 Å². The van der Waals surface area contributed by atoms with Gasteiger partial charge in [0.1, 0.15) is 17.3 Å². The van der Waals surface area contributed by atoms with Crippen LogP contribution >= 0.6 is 0 Å². The normalized spacial score (nSPS) is 14.4. The maximum atomic E-state index is 12.7. The van der Waals surface area contributed by atoms with E-state index in [2.05, 4.69) is 4.98 Å². The van der Waals surface area contributed by atoms with Gasteiger partial charge in [-0.2, -0.15) is 8.42 Å². The molecule has 1 fully saturated rings. The highest BCUT2D eigenvalue weighted by Crippen LogP contribution is 2.32. The number of hydrogen-bond acceptors (Lipinski definition) is 6. The Morgan fingerprint density at radius 1 is 1.11 bits per heavy atom. The molecule has 1 aliphatic rings. The molecule has 27 heavy (non-hydrogen) atoms. The van der Waals surface area contributed by atoms with Gasteiger partial charge in [0.15, 0.2) is 5.75 Å². The third-order valence-electron chi connectivity index (χ3n) is 4.21. The summed E-state index contributed by atoms with van der Waals surface area (Å²) in [6.07, 6.45) is -0.523. The Hall–Kier alpha value is -3.13. The van der Waals surface area contributed by atoms with Crippen molar-refractivity contribution in [3.8, 4) is 5.75 Å². The number of rotatable bonds is 4. The van der Waals surface area contributed by atoms with Gasteiger partial charge < -0.3 is 8.92 Å². The van der Waals surface area contributed by atoms with Gasteiger partial charge in [0.25, 0.3) is 0 Å². The number of carbonyl (C=O) groups excluding carboxylic acids is 1. The second-order valence-electron chi connectivity index (χ2n) is 6.11. The van der Waals surface area contributed by atoms with Gasteiger partial charge in [-0.1, -0.05) is 29.8 Å². The van der Waals surface area contributed by atoms with Gasteiger partial charge in [0.2, 0.25) is 0 Å². The number of fused-ring (bicyclic) bond motifs is 1. The summed E-state index contributed by atoms with van der Waals surface area (Å²) in [5, 5.41) is 0.532. The summed E-state index contributed by atoms with van der Waals surface area (Å²) in [6, 6.07) is 14.8. The summed E-state index contributed by atoms with van der Waals surface area (Å²) in [7, 11) is -4.04. The lowest BCUT2D eigenvalue weighted by molar-refractivity contribution is 0.181. The summed E-state index contributed by atoms with van der Waals surface area (Å²) in [5.41, 5.74) is 1.46. The fraction of sp³-hybridized carbons (Fsp3) is 0.158. The minimum absolute atomic E-state index is 0.0520. The lowest BCUT2D eigenvalue weighted by Crippen LogP contribution is -2.24. The van der Waals surface area contributed by atoms with E-state index in [0.29, 0.717) is 17.4 Å².